The molecule has 0 saturated heterocycles. The highest BCUT2D eigenvalue weighted by Gasteiger charge is 2.18. The molecule has 2 nitrogen and oxygen atoms in total. The van der Waals surface area contributed by atoms with Crippen LogP contribution in [0.4, 0.5) is 0 Å². The van der Waals surface area contributed by atoms with Crippen LogP contribution >= 0.6 is 11.8 Å². The Kier molecular flexibility index (Phi) is 2.49. The lowest BCUT2D eigenvalue weighted by Gasteiger charge is -2.03. The molecule has 0 fully saturated rings. The first-order valence-corrected chi connectivity index (χ1v) is 4.52. The lowest BCUT2D eigenvalue weighted by atomic mass is 10.2. The van der Waals surface area contributed by atoms with Crippen molar-refractivity contribution in [2.45, 2.75) is 13.8 Å². The molecule has 0 amide bonds. The third-order valence-corrected chi connectivity index (χ3v) is 2.01. The minimum Gasteiger partial charge on any atom is -0.457 e. The number of allylic oxidation sites excluding steroid dienone is 1. The van der Waals surface area contributed by atoms with E-state index in [4.69, 9.17) is 9.47 Å². The maximum atomic E-state index is 5.25. The summed E-state index contributed by atoms with van der Waals surface area (Å²) in [6.07, 6.45) is 1.99. The van der Waals surface area contributed by atoms with E-state index in [1.54, 1.807) is 11.8 Å². The van der Waals surface area contributed by atoms with Gasteiger partial charge >= 0.3 is 0 Å². The quantitative estimate of drug-likeness (QED) is 0.617. The average Bonchev–Trinajstić information content (AvgIpc) is 2.33. The Morgan fingerprint density at radius 1 is 1.40 bits per heavy atom. The van der Waals surface area contributed by atoms with E-state index >= 15 is 0 Å². The monoisotopic (exact) mass is 160 g/mol. The molecule has 0 radical (unpaired) electrons. The first kappa shape index (κ1) is 7.79. The van der Waals surface area contributed by atoms with Gasteiger partial charge in [0.15, 0.2) is 10.9 Å². The fourth-order valence-corrected chi connectivity index (χ4v) is 1.50. The van der Waals surface area contributed by atoms with Gasteiger partial charge in [0.2, 0.25) is 6.79 Å². The van der Waals surface area contributed by atoms with Crippen molar-refractivity contribution in [3.63, 3.8) is 0 Å². The Labute approximate surface area is 65.6 Å². The Morgan fingerprint density at radius 3 is 2.50 bits per heavy atom. The molecule has 3 heteroatoms. The van der Waals surface area contributed by atoms with Gasteiger partial charge in [-0.15, -0.1) is 0 Å². The molecule has 0 aromatic rings. The van der Waals surface area contributed by atoms with Crippen LogP contribution in [0.5, 0.6) is 0 Å². The van der Waals surface area contributed by atoms with Gasteiger partial charge in [0.25, 0.3) is 0 Å². The van der Waals surface area contributed by atoms with Crippen LogP contribution < -0.4 is 0 Å². The summed E-state index contributed by atoms with van der Waals surface area (Å²) < 4.78 is 10.5. The molecule has 10 heavy (non-hydrogen) atoms. The lowest BCUT2D eigenvalue weighted by molar-refractivity contribution is 0.0706. The maximum Gasteiger partial charge on any atom is 0.231 e. The highest BCUT2D eigenvalue weighted by atomic mass is 32.2. The van der Waals surface area contributed by atoms with Gasteiger partial charge in [-0.25, -0.2) is 0 Å². The van der Waals surface area contributed by atoms with E-state index in [1.165, 1.54) is 0 Å². The summed E-state index contributed by atoms with van der Waals surface area (Å²) in [5.41, 5.74) is 0. The van der Waals surface area contributed by atoms with E-state index in [1.807, 2.05) is 6.26 Å². The maximum absolute atomic E-state index is 5.25. The summed E-state index contributed by atoms with van der Waals surface area (Å²) in [7, 11) is 0. The van der Waals surface area contributed by atoms with E-state index in [0.29, 0.717) is 12.7 Å². The zero-order chi connectivity index (χ0) is 7.56. The van der Waals surface area contributed by atoms with Crippen LogP contribution in [0.25, 0.3) is 0 Å². The minimum absolute atomic E-state index is 0.393. The first-order chi connectivity index (χ1) is 4.75. The fourth-order valence-electron chi connectivity index (χ4n) is 0.838. The predicted molar refractivity (Wildman–Crippen MR) is 42.4 cm³/mol. The molecule has 0 spiro atoms. The van der Waals surface area contributed by atoms with Crippen LogP contribution in [0.2, 0.25) is 0 Å². The zero-order valence-electron chi connectivity index (χ0n) is 6.51. The summed E-state index contributed by atoms with van der Waals surface area (Å²) in [6, 6.07) is 0. The third-order valence-electron chi connectivity index (χ3n) is 1.32. The Hall–Kier alpha value is -0.310. The van der Waals surface area contributed by atoms with E-state index in [0.717, 1.165) is 10.9 Å². The van der Waals surface area contributed by atoms with Gasteiger partial charge in [-0.05, 0) is 6.26 Å². The van der Waals surface area contributed by atoms with Gasteiger partial charge in [0.05, 0.1) is 0 Å². The van der Waals surface area contributed by atoms with Crippen molar-refractivity contribution >= 4 is 11.8 Å². The molecule has 1 aliphatic rings. The summed E-state index contributed by atoms with van der Waals surface area (Å²) >= 11 is 1.60. The Balaban J connectivity index is 2.68. The van der Waals surface area contributed by atoms with Crippen LogP contribution in [0.1, 0.15) is 13.8 Å². The molecular formula is C7H12O2S. The second-order valence-corrected chi connectivity index (χ2v) is 3.20. The molecule has 0 saturated carbocycles. The van der Waals surface area contributed by atoms with Crippen molar-refractivity contribution in [1.29, 1.82) is 0 Å². The summed E-state index contributed by atoms with van der Waals surface area (Å²) in [5.74, 6) is 1.43. The van der Waals surface area contributed by atoms with Crippen molar-refractivity contribution in [3.8, 4) is 0 Å². The van der Waals surface area contributed by atoms with Gasteiger partial charge < -0.3 is 9.47 Å². The minimum atomic E-state index is 0.393. The van der Waals surface area contributed by atoms with Crippen LogP contribution in [-0.4, -0.2) is 13.0 Å². The normalized spacial score (nSPS) is 17.6. The second-order valence-electron chi connectivity index (χ2n) is 2.42. The topological polar surface area (TPSA) is 18.5 Å². The molecule has 0 N–H and O–H groups in total. The molecule has 0 unspecified atom stereocenters. The van der Waals surface area contributed by atoms with Crippen molar-refractivity contribution in [2.75, 3.05) is 13.0 Å². The summed E-state index contributed by atoms with van der Waals surface area (Å²) in [6.45, 7) is 4.59. The van der Waals surface area contributed by atoms with Crippen LogP contribution in [0, 0.1) is 5.92 Å². The molecule has 1 aliphatic heterocycles. The predicted octanol–water partition coefficient (Wildman–Crippen LogP) is 2.18. The van der Waals surface area contributed by atoms with E-state index in [2.05, 4.69) is 13.8 Å². The summed E-state index contributed by atoms with van der Waals surface area (Å²) in [5, 5.41) is 0.940. The average molecular weight is 160 g/mol. The smallest absolute Gasteiger partial charge is 0.231 e. The Morgan fingerprint density at radius 2 is 2.10 bits per heavy atom. The number of rotatable bonds is 2. The molecule has 1 rings (SSSR count). The highest BCUT2D eigenvalue weighted by Crippen LogP contribution is 2.29. The van der Waals surface area contributed by atoms with E-state index in [9.17, 15) is 0 Å². The van der Waals surface area contributed by atoms with Crippen LogP contribution in [0.3, 0.4) is 0 Å². The lowest BCUT2D eigenvalue weighted by Crippen LogP contribution is -1.94. The number of hydrogen-bond acceptors (Lipinski definition) is 3. The van der Waals surface area contributed by atoms with Crippen molar-refractivity contribution < 1.29 is 9.47 Å². The van der Waals surface area contributed by atoms with Crippen LogP contribution in [0.15, 0.2) is 10.9 Å². The number of ether oxygens (including phenoxy) is 2. The largest absolute Gasteiger partial charge is 0.457 e. The zero-order valence-corrected chi connectivity index (χ0v) is 7.33. The van der Waals surface area contributed by atoms with Gasteiger partial charge in [0.1, 0.15) is 0 Å². The molecule has 0 aliphatic carbocycles. The molecule has 0 aromatic carbocycles. The van der Waals surface area contributed by atoms with Crippen molar-refractivity contribution in [1.82, 2.24) is 0 Å². The molecule has 58 valence electrons. The number of thioether (sulfide) groups is 1. The van der Waals surface area contributed by atoms with Gasteiger partial charge in [-0.2, -0.15) is 0 Å². The molecule has 0 bridgehead atoms. The SMILES string of the molecule is CSC1=C(C(C)C)OCO1. The fraction of sp³-hybridized carbons (Fsp3) is 0.714. The summed E-state index contributed by atoms with van der Waals surface area (Å²) in [4.78, 5) is 0. The van der Waals surface area contributed by atoms with Crippen molar-refractivity contribution in [2.24, 2.45) is 5.92 Å². The highest BCUT2D eigenvalue weighted by molar-refractivity contribution is 8.02. The number of hydrogen-bond donors (Lipinski definition) is 0. The second kappa shape index (κ2) is 3.19. The van der Waals surface area contributed by atoms with E-state index < -0.39 is 0 Å². The van der Waals surface area contributed by atoms with Gasteiger partial charge in [-0.3, -0.25) is 0 Å². The molecular weight excluding hydrogens is 148 g/mol. The van der Waals surface area contributed by atoms with E-state index in [-0.39, 0.29) is 0 Å². The molecule has 0 aromatic heterocycles. The molecule has 0 atom stereocenters. The Bertz CT molecular complexity index is 152. The van der Waals surface area contributed by atoms with Crippen molar-refractivity contribution in [3.05, 3.63) is 10.9 Å². The van der Waals surface area contributed by atoms with Gasteiger partial charge in [-0.1, -0.05) is 25.6 Å². The molecule has 1 heterocycles. The standard InChI is InChI=1S/C7H12O2S/c1-5(2)6-7(10-3)9-4-8-6/h5H,4H2,1-3H3. The third kappa shape index (κ3) is 1.40. The van der Waals surface area contributed by atoms with Gasteiger partial charge in [0, 0.05) is 5.92 Å². The first-order valence-electron chi connectivity index (χ1n) is 3.29. The van der Waals surface area contributed by atoms with Crippen LogP contribution in [-0.2, 0) is 9.47 Å².